The number of H-pyrrole nitrogens is 1. The number of likely N-dealkylation sites (N-methyl/N-ethyl adjacent to an activating group) is 1. The van der Waals surface area contributed by atoms with Gasteiger partial charge in [0.2, 0.25) is 0 Å². The van der Waals surface area contributed by atoms with Gasteiger partial charge in [-0.25, -0.2) is 9.78 Å². The number of benzene rings is 2. The third-order valence-electron chi connectivity index (χ3n) is 5.11. The Morgan fingerprint density at radius 2 is 1.87 bits per heavy atom. The van der Waals surface area contributed by atoms with Crippen molar-refractivity contribution in [3.8, 4) is 0 Å². The van der Waals surface area contributed by atoms with Crippen molar-refractivity contribution < 1.29 is 14.3 Å². The van der Waals surface area contributed by atoms with Crippen molar-refractivity contribution in [1.29, 1.82) is 0 Å². The fourth-order valence-corrected chi connectivity index (χ4v) is 4.76. The third-order valence-corrected chi connectivity index (χ3v) is 6.27. The van der Waals surface area contributed by atoms with Gasteiger partial charge >= 0.3 is 5.97 Å². The highest BCUT2D eigenvalue weighted by Gasteiger charge is 2.23. The SMILES string of the molecule is CCN(C(=O)COC(=O)c1sc2nc(C)[nH]c(=O)c2c1C)c1cccc2ccccc12. The molecule has 0 saturated carbocycles. The van der Waals surface area contributed by atoms with Crippen molar-refractivity contribution in [3.63, 3.8) is 0 Å². The smallest absolute Gasteiger partial charge is 0.349 e. The van der Waals surface area contributed by atoms with Gasteiger partial charge in [-0.15, -0.1) is 11.3 Å². The lowest BCUT2D eigenvalue weighted by Gasteiger charge is -2.22. The highest BCUT2D eigenvalue weighted by atomic mass is 32.1. The Balaban J connectivity index is 1.56. The Kier molecular flexibility index (Phi) is 5.56. The second-order valence-corrected chi connectivity index (χ2v) is 8.10. The van der Waals surface area contributed by atoms with Gasteiger partial charge in [0.1, 0.15) is 15.5 Å². The van der Waals surface area contributed by atoms with Crippen LogP contribution in [-0.2, 0) is 9.53 Å². The summed E-state index contributed by atoms with van der Waals surface area (Å²) in [4.78, 5) is 47.1. The molecule has 0 atom stereocenters. The molecule has 2 heterocycles. The van der Waals surface area contributed by atoms with Crippen LogP contribution in [0.15, 0.2) is 47.3 Å². The number of amides is 1. The van der Waals surface area contributed by atoms with E-state index in [1.54, 1.807) is 18.7 Å². The van der Waals surface area contributed by atoms with Crippen molar-refractivity contribution in [2.75, 3.05) is 18.1 Å². The first kappa shape index (κ1) is 20.7. The Labute approximate surface area is 182 Å². The molecule has 2 aromatic carbocycles. The molecule has 0 aliphatic heterocycles. The van der Waals surface area contributed by atoms with E-state index in [-0.39, 0.29) is 16.3 Å². The van der Waals surface area contributed by atoms with Crippen molar-refractivity contribution in [1.82, 2.24) is 9.97 Å². The summed E-state index contributed by atoms with van der Waals surface area (Å²) in [6.45, 7) is 5.27. The predicted octanol–water partition coefficient (Wildman–Crippen LogP) is 3.96. The van der Waals surface area contributed by atoms with Crippen molar-refractivity contribution >= 4 is 49.9 Å². The highest BCUT2D eigenvalue weighted by Crippen LogP contribution is 2.29. The number of hydrogen-bond donors (Lipinski definition) is 1. The molecule has 0 radical (unpaired) electrons. The summed E-state index contributed by atoms with van der Waals surface area (Å²) in [7, 11) is 0. The Hall–Kier alpha value is -3.52. The molecule has 0 fully saturated rings. The molecular weight excluding hydrogens is 414 g/mol. The summed E-state index contributed by atoms with van der Waals surface area (Å²) in [5.41, 5.74) is 0.984. The molecular formula is C23H21N3O4S. The number of anilines is 1. The fourth-order valence-electron chi connectivity index (χ4n) is 3.64. The van der Waals surface area contributed by atoms with Crippen LogP contribution >= 0.6 is 11.3 Å². The number of aromatic amines is 1. The fraction of sp³-hybridized carbons (Fsp3) is 0.217. The van der Waals surface area contributed by atoms with E-state index < -0.39 is 12.6 Å². The largest absolute Gasteiger partial charge is 0.451 e. The number of aryl methyl sites for hydroxylation is 2. The second-order valence-electron chi connectivity index (χ2n) is 7.10. The zero-order valence-electron chi connectivity index (χ0n) is 17.4. The van der Waals surface area contributed by atoms with E-state index in [2.05, 4.69) is 9.97 Å². The summed E-state index contributed by atoms with van der Waals surface area (Å²) in [6.07, 6.45) is 0. The van der Waals surface area contributed by atoms with Crippen LogP contribution in [-0.4, -0.2) is 35.0 Å². The molecule has 0 aliphatic carbocycles. The first-order chi connectivity index (χ1) is 14.9. The standard InChI is InChI=1S/C23H21N3O4S/c1-4-26(17-11-7-9-15-8-5-6-10-16(15)17)18(27)12-30-23(29)20-13(2)19-21(28)24-14(3)25-22(19)31-20/h5-11H,4,12H2,1-3H3,(H,24,25,28). The van der Waals surface area contributed by atoms with Gasteiger partial charge in [-0.05, 0) is 37.8 Å². The summed E-state index contributed by atoms with van der Waals surface area (Å²) >= 11 is 1.09. The van der Waals surface area contributed by atoms with Gasteiger partial charge in [-0.3, -0.25) is 9.59 Å². The number of thiophene rings is 1. The van der Waals surface area contributed by atoms with Crippen LogP contribution in [0.4, 0.5) is 5.69 Å². The molecule has 0 bridgehead atoms. The summed E-state index contributed by atoms with van der Waals surface area (Å²) in [6, 6.07) is 13.6. The minimum Gasteiger partial charge on any atom is -0.451 e. The van der Waals surface area contributed by atoms with Gasteiger partial charge in [-0.1, -0.05) is 36.4 Å². The van der Waals surface area contributed by atoms with Crippen molar-refractivity contribution in [2.24, 2.45) is 0 Å². The van der Waals surface area contributed by atoms with E-state index in [1.165, 1.54) is 0 Å². The second kappa shape index (κ2) is 8.31. The van der Waals surface area contributed by atoms with Crippen LogP contribution in [0.3, 0.4) is 0 Å². The number of rotatable bonds is 5. The van der Waals surface area contributed by atoms with E-state index >= 15 is 0 Å². The van der Waals surface area contributed by atoms with Gasteiger partial charge in [0.05, 0.1) is 11.1 Å². The van der Waals surface area contributed by atoms with Gasteiger partial charge in [0, 0.05) is 11.9 Å². The van der Waals surface area contributed by atoms with E-state index in [0.717, 1.165) is 27.8 Å². The number of esters is 1. The maximum atomic E-state index is 12.9. The number of carbonyl (C=O) groups excluding carboxylic acids is 2. The Bertz CT molecular complexity index is 1370. The quantitative estimate of drug-likeness (QED) is 0.479. The minimum absolute atomic E-state index is 0.277. The zero-order valence-corrected chi connectivity index (χ0v) is 18.2. The van der Waals surface area contributed by atoms with Gasteiger partial charge < -0.3 is 14.6 Å². The summed E-state index contributed by atoms with van der Waals surface area (Å²) in [5, 5.41) is 2.35. The molecule has 1 amide bonds. The first-order valence-electron chi connectivity index (χ1n) is 9.86. The lowest BCUT2D eigenvalue weighted by molar-refractivity contribution is -0.121. The Morgan fingerprint density at radius 3 is 2.65 bits per heavy atom. The highest BCUT2D eigenvalue weighted by molar-refractivity contribution is 7.20. The monoisotopic (exact) mass is 435 g/mol. The van der Waals surface area contributed by atoms with Crippen LogP contribution in [0.1, 0.15) is 28.0 Å². The molecule has 0 saturated heterocycles. The number of carbonyl (C=O) groups is 2. The number of fused-ring (bicyclic) bond motifs is 2. The predicted molar refractivity (Wildman–Crippen MR) is 122 cm³/mol. The first-order valence-corrected chi connectivity index (χ1v) is 10.7. The number of hydrogen-bond acceptors (Lipinski definition) is 6. The minimum atomic E-state index is -0.639. The number of nitrogens with one attached hydrogen (secondary N) is 1. The molecule has 158 valence electrons. The average Bonchev–Trinajstić information content (AvgIpc) is 3.09. The van der Waals surface area contributed by atoms with Gasteiger partial charge in [-0.2, -0.15) is 0 Å². The summed E-state index contributed by atoms with van der Waals surface area (Å²) in [5.74, 6) is -0.486. The van der Waals surface area contributed by atoms with Crippen molar-refractivity contribution in [3.05, 3.63) is 69.1 Å². The molecule has 2 aromatic heterocycles. The van der Waals surface area contributed by atoms with Crippen LogP contribution in [0.5, 0.6) is 0 Å². The zero-order chi connectivity index (χ0) is 22.1. The van der Waals surface area contributed by atoms with Gasteiger partial charge in [0.25, 0.3) is 11.5 Å². The van der Waals surface area contributed by atoms with E-state index in [0.29, 0.717) is 28.1 Å². The third kappa shape index (κ3) is 3.82. The molecule has 4 rings (SSSR count). The molecule has 31 heavy (non-hydrogen) atoms. The number of nitrogens with zero attached hydrogens (tertiary/aromatic N) is 2. The maximum Gasteiger partial charge on any atom is 0.349 e. The molecule has 7 nitrogen and oxygen atoms in total. The van der Waals surface area contributed by atoms with Crippen LogP contribution < -0.4 is 10.5 Å². The lowest BCUT2D eigenvalue weighted by atomic mass is 10.1. The molecule has 4 aromatic rings. The number of aromatic nitrogens is 2. The van der Waals surface area contributed by atoms with Crippen LogP contribution in [0.25, 0.3) is 21.0 Å². The normalized spacial score (nSPS) is 11.1. The number of ether oxygens (including phenoxy) is 1. The van der Waals surface area contributed by atoms with E-state index in [1.807, 2.05) is 49.4 Å². The van der Waals surface area contributed by atoms with Crippen LogP contribution in [0, 0.1) is 13.8 Å². The topological polar surface area (TPSA) is 92.4 Å². The lowest BCUT2D eigenvalue weighted by Crippen LogP contribution is -2.34. The molecule has 1 N–H and O–H groups in total. The average molecular weight is 436 g/mol. The molecule has 8 heteroatoms. The molecule has 0 spiro atoms. The van der Waals surface area contributed by atoms with E-state index in [4.69, 9.17) is 4.74 Å². The summed E-state index contributed by atoms with van der Waals surface area (Å²) < 4.78 is 5.33. The Morgan fingerprint density at radius 1 is 1.13 bits per heavy atom. The van der Waals surface area contributed by atoms with E-state index in [9.17, 15) is 14.4 Å². The molecule has 0 unspecified atom stereocenters. The molecule has 0 aliphatic rings. The maximum absolute atomic E-state index is 12.9. The van der Waals surface area contributed by atoms with Crippen molar-refractivity contribution in [2.45, 2.75) is 20.8 Å². The van der Waals surface area contributed by atoms with Crippen LogP contribution in [0.2, 0.25) is 0 Å². The van der Waals surface area contributed by atoms with Gasteiger partial charge in [0.15, 0.2) is 6.61 Å².